The molecule has 6 nitrogen and oxygen atoms in total. The lowest BCUT2D eigenvalue weighted by molar-refractivity contribution is -0.123. The van der Waals surface area contributed by atoms with Crippen LogP contribution in [0.5, 0.6) is 11.5 Å². The predicted octanol–water partition coefficient (Wildman–Crippen LogP) is 7.39. The van der Waals surface area contributed by atoms with Crippen LogP contribution in [0.4, 0.5) is 9.18 Å². The van der Waals surface area contributed by atoms with E-state index in [9.17, 15) is 14.0 Å². The highest BCUT2D eigenvalue weighted by molar-refractivity contribution is 9.10. The number of hydrogen-bond acceptors (Lipinski definition) is 5. The zero-order valence-electron chi connectivity index (χ0n) is 19.9. The number of para-hydroxylation sites is 1. The lowest BCUT2D eigenvalue weighted by atomic mass is 10.1. The summed E-state index contributed by atoms with van der Waals surface area (Å²) in [6.07, 6.45) is 3.69. The minimum absolute atomic E-state index is 0.0894. The summed E-state index contributed by atoms with van der Waals surface area (Å²) in [4.78, 5) is 27.1. The number of fused-ring (bicyclic) bond motifs is 1. The number of amides is 2. The molecular weight excluding hydrogens is 595 g/mol. The molecule has 2 heterocycles. The largest absolute Gasteiger partial charge is 0.492 e. The van der Waals surface area contributed by atoms with Crippen molar-refractivity contribution in [1.29, 1.82) is 0 Å². The van der Waals surface area contributed by atoms with E-state index in [-0.39, 0.29) is 30.1 Å². The Labute approximate surface area is 236 Å². The highest BCUT2D eigenvalue weighted by Crippen LogP contribution is 2.35. The van der Waals surface area contributed by atoms with Gasteiger partial charge in [0.15, 0.2) is 0 Å². The van der Waals surface area contributed by atoms with Gasteiger partial charge in [0.05, 0.1) is 23.0 Å². The molecule has 0 bridgehead atoms. The Kier molecular flexibility index (Phi) is 8.06. The second kappa shape index (κ2) is 11.6. The van der Waals surface area contributed by atoms with Crippen molar-refractivity contribution in [3.8, 4) is 11.5 Å². The summed E-state index contributed by atoms with van der Waals surface area (Å²) in [6, 6.07) is 18.8. The Morgan fingerprint density at radius 2 is 1.74 bits per heavy atom. The van der Waals surface area contributed by atoms with E-state index < -0.39 is 0 Å². The van der Waals surface area contributed by atoms with Gasteiger partial charge in [-0.2, -0.15) is 0 Å². The molecule has 0 aliphatic carbocycles. The monoisotopic (exact) mass is 614 g/mol. The van der Waals surface area contributed by atoms with Crippen molar-refractivity contribution in [2.75, 3.05) is 19.8 Å². The Hall–Kier alpha value is -3.27. The van der Waals surface area contributed by atoms with E-state index in [1.807, 2.05) is 47.2 Å². The second-order valence-electron chi connectivity index (χ2n) is 8.35. The summed E-state index contributed by atoms with van der Waals surface area (Å²) < 4.78 is 27.4. The molecule has 10 heteroatoms. The topological polar surface area (TPSA) is 60.8 Å². The molecule has 1 saturated heterocycles. The number of rotatable bonds is 9. The van der Waals surface area contributed by atoms with Crippen molar-refractivity contribution in [1.82, 2.24) is 9.47 Å². The molecule has 194 valence electrons. The zero-order valence-corrected chi connectivity index (χ0v) is 23.1. The second-order valence-corrected chi connectivity index (χ2v) is 10.7. The van der Waals surface area contributed by atoms with Crippen molar-refractivity contribution in [3.05, 3.63) is 98.7 Å². The molecule has 0 atom stereocenters. The van der Waals surface area contributed by atoms with Gasteiger partial charge < -0.3 is 14.0 Å². The molecular formula is C28H21BrClFN2O4S. The van der Waals surface area contributed by atoms with Gasteiger partial charge in [0.2, 0.25) is 0 Å². The van der Waals surface area contributed by atoms with Gasteiger partial charge in [0, 0.05) is 27.1 Å². The van der Waals surface area contributed by atoms with Crippen molar-refractivity contribution in [2.45, 2.75) is 6.54 Å². The van der Waals surface area contributed by atoms with Gasteiger partial charge in [0.25, 0.3) is 11.1 Å². The van der Waals surface area contributed by atoms with Crippen LogP contribution in [-0.2, 0) is 11.3 Å². The summed E-state index contributed by atoms with van der Waals surface area (Å²) in [6.45, 7) is 1.15. The van der Waals surface area contributed by atoms with Gasteiger partial charge in [0.1, 0.15) is 30.5 Å². The minimum Gasteiger partial charge on any atom is -0.492 e. The molecule has 1 aliphatic heterocycles. The average molecular weight is 616 g/mol. The van der Waals surface area contributed by atoms with Crippen LogP contribution in [0, 0.1) is 5.82 Å². The van der Waals surface area contributed by atoms with Gasteiger partial charge in [-0.15, -0.1) is 0 Å². The number of carbonyl (C=O) groups excluding carboxylic acids is 2. The summed E-state index contributed by atoms with van der Waals surface area (Å²) in [5.41, 5.74) is 1.78. The molecule has 4 aromatic rings. The third kappa shape index (κ3) is 5.90. The van der Waals surface area contributed by atoms with Crippen molar-refractivity contribution in [2.24, 2.45) is 0 Å². The van der Waals surface area contributed by atoms with E-state index in [0.717, 1.165) is 37.6 Å². The smallest absolute Gasteiger partial charge is 0.293 e. The van der Waals surface area contributed by atoms with Crippen LogP contribution in [0.25, 0.3) is 17.0 Å². The SMILES string of the molecule is O=C1S/C(=C\c2cn(CCOc3ccccc3Cl)c3ccc(Br)cc23)C(=O)N1CCOc1ccc(F)cc1. The molecule has 1 aliphatic rings. The Morgan fingerprint density at radius 1 is 0.974 bits per heavy atom. The molecule has 1 fully saturated rings. The van der Waals surface area contributed by atoms with Gasteiger partial charge >= 0.3 is 0 Å². The third-order valence-electron chi connectivity index (χ3n) is 5.86. The van der Waals surface area contributed by atoms with Gasteiger partial charge in [-0.1, -0.05) is 39.7 Å². The molecule has 1 aromatic heterocycles. The van der Waals surface area contributed by atoms with Gasteiger partial charge in [-0.05, 0) is 72.4 Å². The van der Waals surface area contributed by atoms with Crippen molar-refractivity contribution >= 4 is 67.4 Å². The van der Waals surface area contributed by atoms with Crippen molar-refractivity contribution in [3.63, 3.8) is 0 Å². The maximum Gasteiger partial charge on any atom is 0.293 e. The molecule has 0 radical (unpaired) electrons. The first-order chi connectivity index (χ1) is 18.4. The number of benzene rings is 3. The van der Waals surface area contributed by atoms with Crippen LogP contribution in [0.15, 0.2) is 82.3 Å². The van der Waals surface area contributed by atoms with E-state index in [0.29, 0.717) is 34.6 Å². The molecule has 0 N–H and O–H groups in total. The summed E-state index contributed by atoms with van der Waals surface area (Å²) in [7, 11) is 0. The number of carbonyl (C=O) groups is 2. The fraction of sp³-hybridized carbons (Fsp3) is 0.143. The van der Waals surface area contributed by atoms with Crippen LogP contribution >= 0.6 is 39.3 Å². The zero-order chi connectivity index (χ0) is 26.6. The first-order valence-electron chi connectivity index (χ1n) is 11.7. The summed E-state index contributed by atoms with van der Waals surface area (Å²) in [5, 5.41) is 1.12. The highest BCUT2D eigenvalue weighted by atomic mass is 79.9. The number of nitrogens with zero attached hydrogens (tertiary/aromatic N) is 2. The number of aromatic nitrogens is 1. The highest BCUT2D eigenvalue weighted by Gasteiger charge is 2.35. The lowest BCUT2D eigenvalue weighted by Gasteiger charge is -2.13. The number of imide groups is 1. The van der Waals surface area contributed by atoms with Crippen LogP contribution < -0.4 is 9.47 Å². The van der Waals surface area contributed by atoms with Crippen molar-refractivity contribution < 1.29 is 23.5 Å². The van der Waals surface area contributed by atoms with E-state index in [2.05, 4.69) is 15.9 Å². The number of ether oxygens (including phenoxy) is 2. The molecule has 3 aromatic carbocycles. The summed E-state index contributed by atoms with van der Waals surface area (Å²) in [5.74, 6) is 0.340. The van der Waals surface area contributed by atoms with Gasteiger partial charge in [-0.25, -0.2) is 4.39 Å². The van der Waals surface area contributed by atoms with E-state index in [4.69, 9.17) is 21.1 Å². The quantitative estimate of drug-likeness (QED) is 0.184. The molecule has 0 unspecified atom stereocenters. The number of halogens is 3. The Balaban J connectivity index is 1.30. The summed E-state index contributed by atoms with van der Waals surface area (Å²) >= 11 is 10.6. The predicted molar refractivity (Wildman–Crippen MR) is 151 cm³/mol. The number of hydrogen-bond donors (Lipinski definition) is 0. The van der Waals surface area contributed by atoms with Gasteiger partial charge in [-0.3, -0.25) is 14.5 Å². The first-order valence-corrected chi connectivity index (χ1v) is 13.7. The lowest BCUT2D eigenvalue weighted by Crippen LogP contribution is -2.32. The standard InChI is InChI=1S/C28H21BrClFN2O4S/c29-19-5-10-24-22(16-19)18(17-32(24)11-13-37-25-4-2-1-3-23(25)30)15-26-27(34)33(28(35)38-26)12-14-36-21-8-6-20(31)7-9-21/h1-10,15-17H,11-14H2/b26-15-. The Bertz CT molecular complexity index is 1540. The van der Waals surface area contributed by atoms with E-state index in [1.54, 1.807) is 12.1 Å². The number of thioether (sulfide) groups is 1. The van der Waals surface area contributed by atoms with Crippen LogP contribution in [0.2, 0.25) is 5.02 Å². The maximum absolute atomic E-state index is 13.1. The molecule has 2 amide bonds. The Morgan fingerprint density at radius 3 is 2.53 bits per heavy atom. The average Bonchev–Trinajstić information content (AvgIpc) is 3.37. The maximum atomic E-state index is 13.1. The fourth-order valence-electron chi connectivity index (χ4n) is 4.03. The van der Waals surface area contributed by atoms with Crippen LogP contribution in [0.3, 0.4) is 0 Å². The fourth-order valence-corrected chi connectivity index (χ4v) is 5.44. The molecule has 38 heavy (non-hydrogen) atoms. The van der Waals surface area contributed by atoms with Crippen LogP contribution in [-0.4, -0.2) is 40.4 Å². The van der Waals surface area contributed by atoms with E-state index >= 15 is 0 Å². The molecule has 5 rings (SSSR count). The van der Waals surface area contributed by atoms with Crippen LogP contribution in [0.1, 0.15) is 5.56 Å². The first kappa shape index (κ1) is 26.3. The molecule has 0 spiro atoms. The normalized spacial score (nSPS) is 14.6. The minimum atomic E-state index is -0.374. The third-order valence-corrected chi connectivity index (χ3v) is 7.57. The van der Waals surface area contributed by atoms with E-state index in [1.165, 1.54) is 24.3 Å². The molecule has 0 saturated carbocycles.